The van der Waals surface area contributed by atoms with Crippen LogP contribution in [-0.2, 0) is 4.74 Å². The highest BCUT2D eigenvalue weighted by Gasteiger charge is 2.34. The second-order valence-corrected chi connectivity index (χ2v) is 5.81. The Labute approximate surface area is 126 Å². The number of hydrogen-bond acceptors (Lipinski definition) is 6. The zero-order chi connectivity index (χ0) is 14.3. The van der Waals surface area contributed by atoms with E-state index in [1.807, 2.05) is 0 Å². The van der Waals surface area contributed by atoms with E-state index in [1.165, 1.54) is 19.3 Å². The van der Waals surface area contributed by atoms with Crippen LogP contribution in [0.25, 0.3) is 0 Å². The SMILES string of the molecule is c1cnc(NCCNC2CCCC2C2COCCN2)cn1. The highest BCUT2D eigenvalue weighted by molar-refractivity contribution is 5.29. The van der Waals surface area contributed by atoms with Gasteiger partial charge in [0.05, 0.1) is 19.4 Å². The molecule has 0 aromatic carbocycles. The minimum atomic E-state index is 0.520. The first-order chi connectivity index (χ1) is 10.4. The van der Waals surface area contributed by atoms with Crippen molar-refractivity contribution in [3.8, 4) is 0 Å². The smallest absolute Gasteiger partial charge is 0.144 e. The second kappa shape index (κ2) is 7.68. The van der Waals surface area contributed by atoms with E-state index in [2.05, 4.69) is 25.9 Å². The third-order valence-corrected chi connectivity index (χ3v) is 4.44. The van der Waals surface area contributed by atoms with Crippen LogP contribution < -0.4 is 16.0 Å². The van der Waals surface area contributed by atoms with Gasteiger partial charge in [-0.15, -0.1) is 0 Å². The molecule has 3 unspecified atom stereocenters. The van der Waals surface area contributed by atoms with E-state index in [4.69, 9.17) is 4.74 Å². The Morgan fingerprint density at radius 3 is 3.10 bits per heavy atom. The molecule has 2 fully saturated rings. The lowest BCUT2D eigenvalue weighted by molar-refractivity contribution is 0.0526. The van der Waals surface area contributed by atoms with Crippen molar-refractivity contribution in [1.82, 2.24) is 20.6 Å². The summed E-state index contributed by atoms with van der Waals surface area (Å²) < 4.78 is 5.61. The minimum absolute atomic E-state index is 0.520. The molecule has 0 amide bonds. The van der Waals surface area contributed by atoms with Gasteiger partial charge in [-0.3, -0.25) is 4.98 Å². The van der Waals surface area contributed by atoms with Gasteiger partial charge in [0.15, 0.2) is 0 Å². The van der Waals surface area contributed by atoms with Gasteiger partial charge >= 0.3 is 0 Å². The van der Waals surface area contributed by atoms with Gasteiger partial charge < -0.3 is 20.7 Å². The maximum absolute atomic E-state index is 5.61. The van der Waals surface area contributed by atoms with E-state index in [9.17, 15) is 0 Å². The zero-order valence-corrected chi connectivity index (χ0v) is 12.4. The molecule has 0 radical (unpaired) electrons. The van der Waals surface area contributed by atoms with E-state index in [0.717, 1.165) is 38.7 Å². The average molecular weight is 291 g/mol. The summed E-state index contributed by atoms with van der Waals surface area (Å²) in [6.07, 6.45) is 9.04. The first kappa shape index (κ1) is 14.7. The van der Waals surface area contributed by atoms with Crippen LogP contribution in [-0.4, -0.2) is 54.9 Å². The largest absolute Gasteiger partial charge is 0.379 e. The molecule has 0 bridgehead atoms. The van der Waals surface area contributed by atoms with Gasteiger partial charge in [-0.25, -0.2) is 4.98 Å². The van der Waals surface area contributed by atoms with Crippen LogP contribution in [0.2, 0.25) is 0 Å². The Balaban J connectivity index is 1.39. The Hall–Kier alpha value is -1.24. The molecule has 3 rings (SSSR count). The van der Waals surface area contributed by atoms with E-state index in [-0.39, 0.29) is 0 Å². The molecule has 2 heterocycles. The molecule has 1 saturated carbocycles. The van der Waals surface area contributed by atoms with Gasteiger partial charge in [0, 0.05) is 44.1 Å². The summed E-state index contributed by atoms with van der Waals surface area (Å²) in [5.41, 5.74) is 0. The fourth-order valence-corrected chi connectivity index (χ4v) is 3.42. The molecule has 6 heteroatoms. The second-order valence-electron chi connectivity index (χ2n) is 5.81. The molecule has 1 aromatic heterocycles. The highest BCUT2D eigenvalue weighted by Crippen LogP contribution is 2.29. The van der Waals surface area contributed by atoms with Crippen LogP contribution in [0.5, 0.6) is 0 Å². The summed E-state index contributed by atoms with van der Waals surface area (Å²) in [5, 5.41) is 10.6. The monoisotopic (exact) mass is 291 g/mol. The Kier molecular flexibility index (Phi) is 5.37. The predicted molar refractivity (Wildman–Crippen MR) is 82.3 cm³/mol. The molecule has 3 atom stereocenters. The predicted octanol–water partition coefficient (Wildman–Crippen LogP) is 0.635. The average Bonchev–Trinajstić information content (AvgIpc) is 3.02. The minimum Gasteiger partial charge on any atom is -0.379 e. The molecular weight excluding hydrogens is 266 g/mol. The summed E-state index contributed by atoms with van der Waals surface area (Å²) in [6, 6.07) is 1.12. The van der Waals surface area contributed by atoms with Crippen molar-refractivity contribution < 1.29 is 4.74 Å². The lowest BCUT2D eigenvalue weighted by Gasteiger charge is -2.33. The molecule has 116 valence electrons. The molecule has 0 spiro atoms. The number of rotatable bonds is 6. The van der Waals surface area contributed by atoms with Crippen molar-refractivity contribution in [2.75, 3.05) is 38.2 Å². The van der Waals surface area contributed by atoms with Gasteiger partial charge in [-0.2, -0.15) is 0 Å². The summed E-state index contributed by atoms with van der Waals surface area (Å²) >= 11 is 0. The topological polar surface area (TPSA) is 71.1 Å². The highest BCUT2D eigenvalue weighted by atomic mass is 16.5. The fourth-order valence-electron chi connectivity index (χ4n) is 3.42. The number of hydrogen-bond donors (Lipinski definition) is 3. The fraction of sp³-hybridized carbons (Fsp3) is 0.733. The Bertz CT molecular complexity index is 410. The quantitative estimate of drug-likeness (QED) is 0.668. The van der Waals surface area contributed by atoms with Gasteiger partial charge in [-0.05, 0) is 18.8 Å². The van der Waals surface area contributed by atoms with Gasteiger partial charge in [0.25, 0.3) is 0 Å². The molecule has 21 heavy (non-hydrogen) atoms. The van der Waals surface area contributed by atoms with Crippen LogP contribution in [0.15, 0.2) is 18.6 Å². The molecular formula is C15H25N5O. The Morgan fingerprint density at radius 1 is 1.29 bits per heavy atom. The van der Waals surface area contributed by atoms with Crippen LogP contribution in [0.4, 0.5) is 5.82 Å². The Morgan fingerprint density at radius 2 is 2.29 bits per heavy atom. The number of nitrogens with zero attached hydrogens (tertiary/aromatic N) is 2. The number of anilines is 1. The van der Waals surface area contributed by atoms with E-state index >= 15 is 0 Å². The van der Waals surface area contributed by atoms with Crippen molar-refractivity contribution in [3.05, 3.63) is 18.6 Å². The molecule has 6 nitrogen and oxygen atoms in total. The molecule has 1 aliphatic carbocycles. The summed E-state index contributed by atoms with van der Waals surface area (Å²) in [5.74, 6) is 1.53. The number of nitrogens with one attached hydrogen (secondary N) is 3. The third-order valence-electron chi connectivity index (χ3n) is 4.44. The van der Waals surface area contributed by atoms with Crippen LogP contribution in [0.3, 0.4) is 0 Å². The lowest BCUT2D eigenvalue weighted by atomic mass is 9.94. The van der Waals surface area contributed by atoms with Crippen molar-refractivity contribution >= 4 is 5.82 Å². The van der Waals surface area contributed by atoms with Crippen LogP contribution in [0, 0.1) is 5.92 Å². The normalized spacial score (nSPS) is 29.4. The lowest BCUT2D eigenvalue weighted by Crippen LogP contribution is -2.51. The summed E-state index contributed by atoms with van der Waals surface area (Å²) in [6.45, 7) is 4.52. The third kappa shape index (κ3) is 4.12. The number of morpholine rings is 1. The molecule has 1 aromatic rings. The first-order valence-corrected chi connectivity index (χ1v) is 7.98. The van der Waals surface area contributed by atoms with Crippen LogP contribution >= 0.6 is 0 Å². The molecule has 3 N–H and O–H groups in total. The summed E-state index contributed by atoms with van der Waals surface area (Å²) in [7, 11) is 0. The zero-order valence-electron chi connectivity index (χ0n) is 12.4. The van der Waals surface area contributed by atoms with Crippen LogP contribution in [0.1, 0.15) is 19.3 Å². The van der Waals surface area contributed by atoms with Gasteiger partial charge in [0.2, 0.25) is 0 Å². The first-order valence-electron chi connectivity index (χ1n) is 7.98. The van der Waals surface area contributed by atoms with E-state index in [1.54, 1.807) is 18.6 Å². The van der Waals surface area contributed by atoms with E-state index < -0.39 is 0 Å². The van der Waals surface area contributed by atoms with Crippen molar-refractivity contribution in [1.29, 1.82) is 0 Å². The number of aromatic nitrogens is 2. The summed E-state index contributed by atoms with van der Waals surface area (Å²) in [4.78, 5) is 8.26. The van der Waals surface area contributed by atoms with E-state index in [0.29, 0.717) is 18.0 Å². The standard InChI is InChI=1S/C15H25N5O/c1-2-12(14-11-21-9-8-18-14)13(3-1)17-6-7-20-15-10-16-4-5-19-15/h4-5,10,12-14,17-18H,1-3,6-9,11H2,(H,19,20). The van der Waals surface area contributed by atoms with Crippen molar-refractivity contribution in [3.63, 3.8) is 0 Å². The van der Waals surface area contributed by atoms with Gasteiger partial charge in [-0.1, -0.05) is 6.42 Å². The maximum Gasteiger partial charge on any atom is 0.144 e. The van der Waals surface area contributed by atoms with Crippen molar-refractivity contribution in [2.45, 2.75) is 31.3 Å². The van der Waals surface area contributed by atoms with Crippen molar-refractivity contribution in [2.24, 2.45) is 5.92 Å². The number of ether oxygens (including phenoxy) is 1. The molecule has 2 aliphatic rings. The maximum atomic E-state index is 5.61. The molecule has 1 aliphatic heterocycles. The van der Waals surface area contributed by atoms with Gasteiger partial charge in [0.1, 0.15) is 5.82 Å². The molecule has 1 saturated heterocycles.